The summed E-state index contributed by atoms with van der Waals surface area (Å²) in [6.45, 7) is 8.45. The molecule has 0 bridgehead atoms. The van der Waals surface area contributed by atoms with Crippen molar-refractivity contribution < 1.29 is 9.66 Å². The Morgan fingerprint density at radius 2 is 2.10 bits per heavy atom. The van der Waals surface area contributed by atoms with E-state index in [-0.39, 0.29) is 35.1 Å². The van der Waals surface area contributed by atoms with E-state index in [0.717, 1.165) is 0 Å². The van der Waals surface area contributed by atoms with Crippen molar-refractivity contribution in [2.45, 2.75) is 33.7 Å². The SMILES string of the molecule is CCOCC(Nc1nc(N)nc(C)c1[N+](=O)[O-])C(C)C. The van der Waals surface area contributed by atoms with Gasteiger partial charge >= 0.3 is 5.69 Å². The lowest BCUT2D eigenvalue weighted by molar-refractivity contribution is -0.385. The summed E-state index contributed by atoms with van der Waals surface area (Å²) in [4.78, 5) is 18.4. The minimum atomic E-state index is -0.505. The highest BCUT2D eigenvalue weighted by Crippen LogP contribution is 2.27. The van der Waals surface area contributed by atoms with Crippen LogP contribution in [0.3, 0.4) is 0 Å². The zero-order valence-electron chi connectivity index (χ0n) is 12.2. The Labute approximate surface area is 117 Å². The fourth-order valence-corrected chi connectivity index (χ4v) is 1.73. The van der Waals surface area contributed by atoms with Crippen LogP contribution < -0.4 is 11.1 Å². The first kappa shape index (κ1) is 16.1. The molecule has 0 saturated heterocycles. The number of nitrogens with one attached hydrogen (secondary N) is 1. The second-order valence-electron chi connectivity index (χ2n) is 4.78. The fraction of sp³-hybridized carbons (Fsp3) is 0.667. The average molecular weight is 283 g/mol. The van der Waals surface area contributed by atoms with Gasteiger partial charge in [0.1, 0.15) is 5.69 Å². The topological polar surface area (TPSA) is 116 Å². The number of anilines is 2. The van der Waals surface area contributed by atoms with Gasteiger partial charge < -0.3 is 15.8 Å². The molecule has 1 heterocycles. The van der Waals surface area contributed by atoms with E-state index in [4.69, 9.17) is 10.5 Å². The first-order valence-electron chi connectivity index (χ1n) is 6.49. The van der Waals surface area contributed by atoms with Crippen molar-refractivity contribution in [3.05, 3.63) is 15.8 Å². The molecule has 0 fully saturated rings. The molecule has 8 heteroatoms. The average Bonchev–Trinajstić information content (AvgIpc) is 2.32. The van der Waals surface area contributed by atoms with E-state index < -0.39 is 4.92 Å². The third-order valence-corrected chi connectivity index (χ3v) is 2.89. The molecular weight excluding hydrogens is 262 g/mol. The van der Waals surface area contributed by atoms with E-state index in [0.29, 0.717) is 13.2 Å². The molecule has 0 radical (unpaired) electrons. The Morgan fingerprint density at radius 3 is 2.60 bits per heavy atom. The van der Waals surface area contributed by atoms with E-state index in [1.165, 1.54) is 6.92 Å². The van der Waals surface area contributed by atoms with Gasteiger partial charge in [-0.25, -0.2) is 4.98 Å². The van der Waals surface area contributed by atoms with Gasteiger partial charge in [-0.05, 0) is 19.8 Å². The van der Waals surface area contributed by atoms with Crippen molar-refractivity contribution in [3.8, 4) is 0 Å². The molecule has 3 N–H and O–H groups in total. The third-order valence-electron chi connectivity index (χ3n) is 2.89. The molecule has 1 rings (SSSR count). The van der Waals surface area contributed by atoms with Gasteiger partial charge in [-0.1, -0.05) is 13.8 Å². The summed E-state index contributed by atoms with van der Waals surface area (Å²) >= 11 is 0. The summed E-state index contributed by atoms with van der Waals surface area (Å²) in [6, 6.07) is -0.0950. The number of nitro groups is 1. The Hall–Kier alpha value is -1.96. The predicted octanol–water partition coefficient (Wildman–Crippen LogP) is 1.75. The maximum atomic E-state index is 11.1. The third kappa shape index (κ3) is 4.02. The summed E-state index contributed by atoms with van der Waals surface area (Å²) in [7, 11) is 0. The highest BCUT2D eigenvalue weighted by molar-refractivity contribution is 5.60. The van der Waals surface area contributed by atoms with Crippen LogP contribution in [0.25, 0.3) is 0 Å². The number of hydrogen-bond donors (Lipinski definition) is 2. The van der Waals surface area contributed by atoms with E-state index in [1.54, 1.807) is 0 Å². The maximum absolute atomic E-state index is 11.1. The molecule has 112 valence electrons. The molecule has 1 unspecified atom stereocenters. The van der Waals surface area contributed by atoms with Crippen molar-refractivity contribution >= 4 is 17.5 Å². The summed E-state index contributed by atoms with van der Waals surface area (Å²) in [5, 5.41) is 14.2. The van der Waals surface area contributed by atoms with E-state index in [2.05, 4.69) is 15.3 Å². The van der Waals surface area contributed by atoms with Crippen LogP contribution in [0, 0.1) is 23.0 Å². The molecule has 1 aromatic heterocycles. The minimum absolute atomic E-state index is 0.00881. The molecule has 0 aromatic carbocycles. The normalized spacial score (nSPS) is 12.4. The first-order valence-corrected chi connectivity index (χ1v) is 6.49. The van der Waals surface area contributed by atoms with Crippen molar-refractivity contribution in [2.75, 3.05) is 24.3 Å². The lowest BCUT2D eigenvalue weighted by Crippen LogP contribution is -2.32. The molecular formula is C12H21N5O3. The molecule has 0 saturated carbocycles. The van der Waals surface area contributed by atoms with Crippen LogP contribution in [0.5, 0.6) is 0 Å². The van der Waals surface area contributed by atoms with Crippen LogP contribution in [0.15, 0.2) is 0 Å². The smallest absolute Gasteiger partial charge is 0.332 e. The Balaban J connectivity index is 3.07. The zero-order valence-corrected chi connectivity index (χ0v) is 12.2. The second kappa shape index (κ2) is 6.99. The molecule has 20 heavy (non-hydrogen) atoms. The summed E-state index contributed by atoms with van der Waals surface area (Å²) in [5.74, 6) is 0.366. The van der Waals surface area contributed by atoms with E-state index in [9.17, 15) is 10.1 Å². The zero-order chi connectivity index (χ0) is 15.3. The van der Waals surface area contributed by atoms with Crippen LogP contribution in [0.1, 0.15) is 26.5 Å². The number of ether oxygens (including phenoxy) is 1. The standard InChI is InChI=1S/C12H21N5O3/c1-5-20-6-9(7(2)3)15-11-10(17(18)19)8(4)14-12(13)16-11/h7,9H,5-6H2,1-4H3,(H3,13,14,15,16). The number of nitrogens with two attached hydrogens (primary N) is 1. The number of nitrogen functional groups attached to an aromatic ring is 1. The maximum Gasteiger partial charge on any atom is 0.332 e. The van der Waals surface area contributed by atoms with Gasteiger partial charge in [0, 0.05) is 6.61 Å². The lowest BCUT2D eigenvalue weighted by atomic mass is 10.1. The molecule has 1 atom stereocenters. The van der Waals surface area contributed by atoms with Gasteiger partial charge in [0.05, 0.1) is 17.6 Å². The number of aromatic nitrogens is 2. The minimum Gasteiger partial charge on any atom is -0.380 e. The summed E-state index contributed by atoms with van der Waals surface area (Å²) in [5.41, 5.74) is 5.65. The molecule has 0 aliphatic carbocycles. The van der Waals surface area contributed by atoms with Crippen molar-refractivity contribution in [1.82, 2.24) is 9.97 Å². The lowest BCUT2D eigenvalue weighted by Gasteiger charge is -2.22. The van der Waals surface area contributed by atoms with Gasteiger partial charge in [0.2, 0.25) is 11.8 Å². The number of aryl methyl sites for hydroxylation is 1. The Bertz CT molecular complexity index is 478. The van der Waals surface area contributed by atoms with Crippen molar-refractivity contribution in [2.24, 2.45) is 5.92 Å². The van der Waals surface area contributed by atoms with Gasteiger partial charge in [-0.15, -0.1) is 0 Å². The molecule has 0 spiro atoms. The monoisotopic (exact) mass is 283 g/mol. The van der Waals surface area contributed by atoms with Crippen LogP contribution in [-0.4, -0.2) is 34.1 Å². The van der Waals surface area contributed by atoms with Gasteiger partial charge in [-0.2, -0.15) is 4.98 Å². The Morgan fingerprint density at radius 1 is 1.45 bits per heavy atom. The Kier molecular flexibility index (Phi) is 5.63. The highest BCUT2D eigenvalue weighted by atomic mass is 16.6. The summed E-state index contributed by atoms with van der Waals surface area (Å²) < 4.78 is 5.38. The molecule has 0 aliphatic heterocycles. The fourth-order valence-electron chi connectivity index (χ4n) is 1.73. The van der Waals surface area contributed by atoms with Gasteiger partial charge in [0.15, 0.2) is 0 Å². The number of rotatable bonds is 7. The van der Waals surface area contributed by atoms with Gasteiger partial charge in [0.25, 0.3) is 0 Å². The van der Waals surface area contributed by atoms with Crippen molar-refractivity contribution in [3.63, 3.8) is 0 Å². The van der Waals surface area contributed by atoms with Gasteiger partial charge in [-0.3, -0.25) is 10.1 Å². The highest BCUT2D eigenvalue weighted by Gasteiger charge is 2.24. The number of hydrogen-bond acceptors (Lipinski definition) is 7. The van der Waals surface area contributed by atoms with E-state index >= 15 is 0 Å². The van der Waals surface area contributed by atoms with Crippen molar-refractivity contribution in [1.29, 1.82) is 0 Å². The molecule has 0 aliphatic rings. The largest absolute Gasteiger partial charge is 0.380 e. The quantitative estimate of drug-likeness (QED) is 0.578. The summed E-state index contributed by atoms with van der Waals surface area (Å²) in [6.07, 6.45) is 0. The molecule has 1 aromatic rings. The first-order chi connectivity index (χ1) is 9.36. The molecule has 0 amide bonds. The molecule has 8 nitrogen and oxygen atoms in total. The second-order valence-corrected chi connectivity index (χ2v) is 4.78. The van der Waals surface area contributed by atoms with E-state index in [1.807, 2.05) is 20.8 Å². The predicted molar refractivity (Wildman–Crippen MR) is 76.6 cm³/mol. The van der Waals surface area contributed by atoms with Crippen LogP contribution >= 0.6 is 0 Å². The number of nitrogens with zero attached hydrogens (tertiary/aromatic N) is 3. The van der Waals surface area contributed by atoms with Crippen LogP contribution in [0.4, 0.5) is 17.5 Å². The van der Waals surface area contributed by atoms with Crippen LogP contribution in [0.2, 0.25) is 0 Å². The van der Waals surface area contributed by atoms with Crippen LogP contribution in [-0.2, 0) is 4.74 Å².